The molecule has 1 aromatic rings. The molecule has 0 spiro atoms. The maximum absolute atomic E-state index is 13.3. The number of nitrogens with one attached hydrogen (secondary N) is 1. The van der Waals surface area contributed by atoms with Gasteiger partial charge in [0.1, 0.15) is 5.82 Å². The van der Waals surface area contributed by atoms with Crippen LogP contribution in [-0.2, 0) is 6.54 Å². The SMILES string of the molecule is CC1(C)CC(NCc2cc(F)ccc2Br)CC(C)(C)C1. The zero-order chi connectivity index (χ0) is 15.0. The normalized spacial score (nSPS) is 21.9. The zero-order valence-corrected chi connectivity index (χ0v) is 14.5. The van der Waals surface area contributed by atoms with Crippen LogP contribution in [-0.4, -0.2) is 6.04 Å². The summed E-state index contributed by atoms with van der Waals surface area (Å²) in [4.78, 5) is 0. The standard InChI is InChI=1S/C17H25BrFN/c1-16(2)8-14(9-17(3,4)11-16)20-10-12-7-13(19)5-6-15(12)18/h5-7,14,20H,8-11H2,1-4H3. The fourth-order valence-electron chi connectivity index (χ4n) is 3.92. The van der Waals surface area contributed by atoms with Crippen molar-refractivity contribution in [2.75, 3.05) is 0 Å². The Hall–Kier alpha value is -0.410. The molecule has 1 aliphatic carbocycles. The largest absolute Gasteiger partial charge is 0.310 e. The van der Waals surface area contributed by atoms with Crippen LogP contribution in [0.25, 0.3) is 0 Å². The molecule has 1 N–H and O–H groups in total. The first-order valence-electron chi connectivity index (χ1n) is 7.34. The Morgan fingerprint density at radius 1 is 1.20 bits per heavy atom. The van der Waals surface area contributed by atoms with Gasteiger partial charge in [0.15, 0.2) is 0 Å². The molecule has 1 fully saturated rings. The van der Waals surface area contributed by atoms with Gasteiger partial charge in [0.25, 0.3) is 0 Å². The maximum Gasteiger partial charge on any atom is 0.123 e. The number of hydrogen-bond acceptors (Lipinski definition) is 1. The van der Waals surface area contributed by atoms with Gasteiger partial charge in [0, 0.05) is 17.1 Å². The van der Waals surface area contributed by atoms with Crippen molar-refractivity contribution in [3.63, 3.8) is 0 Å². The molecule has 0 bridgehead atoms. The van der Waals surface area contributed by atoms with Crippen LogP contribution in [0.1, 0.15) is 52.5 Å². The van der Waals surface area contributed by atoms with Gasteiger partial charge in [-0.05, 0) is 53.9 Å². The minimum Gasteiger partial charge on any atom is -0.310 e. The van der Waals surface area contributed by atoms with Crippen LogP contribution in [0.4, 0.5) is 4.39 Å². The predicted octanol–water partition coefficient (Wildman–Crippen LogP) is 5.28. The van der Waals surface area contributed by atoms with Gasteiger partial charge in [-0.2, -0.15) is 0 Å². The fraction of sp³-hybridized carbons (Fsp3) is 0.647. The summed E-state index contributed by atoms with van der Waals surface area (Å²) in [6.45, 7) is 10.1. The second kappa shape index (κ2) is 5.76. The van der Waals surface area contributed by atoms with Crippen molar-refractivity contribution in [2.24, 2.45) is 10.8 Å². The van der Waals surface area contributed by atoms with Crippen LogP contribution in [0.2, 0.25) is 0 Å². The van der Waals surface area contributed by atoms with Crippen molar-refractivity contribution in [1.29, 1.82) is 0 Å². The predicted molar refractivity (Wildman–Crippen MR) is 86.1 cm³/mol. The van der Waals surface area contributed by atoms with E-state index in [0.717, 1.165) is 16.6 Å². The number of halogens is 2. The van der Waals surface area contributed by atoms with Gasteiger partial charge >= 0.3 is 0 Å². The summed E-state index contributed by atoms with van der Waals surface area (Å²) in [5, 5.41) is 3.62. The average molecular weight is 342 g/mol. The van der Waals surface area contributed by atoms with Crippen LogP contribution >= 0.6 is 15.9 Å². The molecule has 0 unspecified atom stereocenters. The first-order valence-corrected chi connectivity index (χ1v) is 8.14. The highest BCUT2D eigenvalue weighted by Gasteiger charge is 2.38. The van der Waals surface area contributed by atoms with Crippen LogP contribution in [0.5, 0.6) is 0 Å². The van der Waals surface area contributed by atoms with Crippen molar-refractivity contribution < 1.29 is 4.39 Å². The molecule has 1 saturated carbocycles. The van der Waals surface area contributed by atoms with Crippen molar-refractivity contribution in [3.05, 3.63) is 34.1 Å². The Balaban J connectivity index is 2.01. The molecule has 3 heteroatoms. The molecule has 0 saturated heterocycles. The Bertz CT molecular complexity index is 466. The van der Waals surface area contributed by atoms with E-state index in [1.807, 2.05) is 0 Å². The summed E-state index contributed by atoms with van der Waals surface area (Å²) in [5.74, 6) is -0.172. The topological polar surface area (TPSA) is 12.0 Å². The highest BCUT2D eigenvalue weighted by atomic mass is 79.9. The van der Waals surface area contributed by atoms with Gasteiger partial charge in [-0.25, -0.2) is 4.39 Å². The lowest BCUT2D eigenvalue weighted by Crippen LogP contribution is -2.43. The van der Waals surface area contributed by atoms with E-state index >= 15 is 0 Å². The van der Waals surface area contributed by atoms with Gasteiger partial charge in [0.2, 0.25) is 0 Å². The monoisotopic (exact) mass is 341 g/mol. The van der Waals surface area contributed by atoms with Crippen LogP contribution < -0.4 is 5.32 Å². The molecule has 2 rings (SSSR count). The maximum atomic E-state index is 13.3. The summed E-state index contributed by atoms with van der Waals surface area (Å²) in [5.41, 5.74) is 1.74. The van der Waals surface area contributed by atoms with E-state index in [-0.39, 0.29) is 5.82 Å². The van der Waals surface area contributed by atoms with E-state index in [1.54, 1.807) is 12.1 Å². The van der Waals surface area contributed by atoms with Gasteiger partial charge in [0.05, 0.1) is 0 Å². The van der Waals surface area contributed by atoms with Crippen LogP contribution in [0, 0.1) is 16.6 Å². The molecule has 0 aromatic heterocycles. The lowest BCUT2D eigenvalue weighted by Gasteiger charge is -2.45. The lowest BCUT2D eigenvalue weighted by molar-refractivity contribution is 0.0844. The quantitative estimate of drug-likeness (QED) is 0.788. The van der Waals surface area contributed by atoms with E-state index in [0.29, 0.717) is 16.9 Å². The second-order valence-corrected chi connectivity index (χ2v) is 8.58. The van der Waals surface area contributed by atoms with Crippen molar-refractivity contribution in [1.82, 2.24) is 5.32 Å². The van der Waals surface area contributed by atoms with Crippen molar-refractivity contribution in [3.8, 4) is 0 Å². The third-order valence-corrected chi connectivity index (χ3v) is 4.92. The molecule has 1 aliphatic rings. The van der Waals surface area contributed by atoms with E-state index in [1.165, 1.54) is 25.3 Å². The Morgan fingerprint density at radius 2 is 1.80 bits per heavy atom. The van der Waals surface area contributed by atoms with E-state index in [9.17, 15) is 4.39 Å². The molecule has 0 heterocycles. The number of rotatable bonds is 3. The molecule has 0 aliphatic heterocycles. The Labute approximate surface area is 130 Å². The molecule has 1 aromatic carbocycles. The molecular weight excluding hydrogens is 317 g/mol. The first-order chi connectivity index (χ1) is 9.17. The molecule has 20 heavy (non-hydrogen) atoms. The average Bonchev–Trinajstić information content (AvgIpc) is 2.26. The minimum absolute atomic E-state index is 0.172. The molecule has 0 atom stereocenters. The van der Waals surface area contributed by atoms with Crippen molar-refractivity contribution in [2.45, 2.75) is 59.5 Å². The minimum atomic E-state index is -0.172. The van der Waals surface area contributed by atoms with E-state index < -0.39 is 0 Å². The Morgan fingerprint density at radius 3 is 2.40 bits per heavy atom. The third kappa shape index (κ3) is 4.29. The Kier molecular flexibility index (Phi) is 4.60. The summed E-state index contributed by atoms with van der Waals surface area (Å²) < 4.78 is 14.3. The van der Waals surface area contributed by atoms with Crippen LogP contribution in [0.3, 0.4) is 0 Å². The third-order valence-electron chi connectivity index (χ3n) is 4.14. The number of hydrogen-bond donors (Lipinski definition) is 1. The van der Waals surface area contributed by atoms with Gasteiger partial charge in [-0.3, -0.25) is 0 Å². The second-order valence-electron chi connectivity index (χ2n) is 7.73. The molecule has 0 radical (unpaired) electrons. The fourth-order valence-corrected chi connectivity index (χ4v) is 4.31. The van der Waals surface area contributed by atoms with Crippen LogP contribution in [0.15, 0.2) is 22.7 Å². The van der Waals surface area contributed by atoms with Gasteiger partial charge in [-0.15, -0.1) is 0 Å². The zero-order valence-electron chi connectivity index (χ0n) is 12.9. The van der Waals surface area contributed by atoms with Gasteiger partial charge in [-0.1, -0.05) is 43.6 Å². The first kappa shape index (κ1) is 16.0. The highest BCUT2D eigenvalue weighted by Crippen LogP contribution is 2.45. The van der Waals surface area contributed by atoms with Crippen molar-refractivity contribution >= 4 is 15.9 Å². The summed E-state index contributed by atoms with van der Waals surface area (Å²) in [6.07, 6.45) is 3.63. The van der Waals surface area contributed by atoms with E-state index in [4.69, 9.17) is 0 Å². The summed E-state index contributed by atoms with van der Waals surface area (Å²) in [6, 6.07) is 5.38. The number of benzene rings is 1. The van der Waals surface area contributed by atoms with E-state index in [2.05, 4.69) is 48.9 Å². The molecule has 112 valence electrons. The molecular formula is C17H25BrFN. The summed E-state index contributed by atoms with van der Waals surface area (Å²) >= 11 is 3.49. The molecule has 1 nitrogen and oxygen atoms in total. The molecule has 0 amide bonds. The lowest BCUT2D eigenvalue weighted by atomic mass is 9.63. The highest BCUT2D eigenvalue weighted by molar-refractivity contribution is 9.10. The van der Waals surface area contributed by atoms with Gasteiger partial charge < -0.3 is 5.32 Å². The smallest absolute Gasteiger partial charge is 0.123 e. The summed E-state index contributed by atoms with van der Waals surface area (Å²) in [7, 11) is 0.